The molecule has 0 bridgehead atoms. The van der Waals surface area contributed by atoms with Crippen LogP contribution in [0.3, 0.4) is 0 Å². The Kier molecular flexibility index (Phi) is 7.76. The molecular weight excluding hydrogens is 493 g/mol. The van der Waals surface area contributed by atoms with Crippen LogP contribution in [0.1, 0.15) is 0 Å². The van der Waals surface area contributed by atoms with E-state index < -0.39 is 22.1 Å². The molecule has 31 heavy (non-hydrogen) atoms. The first-order valence-corrected chi connectivity index (χ1v) is 12.5. The van der Waals surface area contributed by atoms with Crippen LogP contribution in [0, 0.1) is 11.3 Å². The zero-order valence-corrected chi connectivity index (χ0v) is 20.0. The van der Waals surface area contributed by atoms with Gasteiger partial charge in [0.15, 0.2) is 5.50 Å². The summed E-state index contributed by atoms with van der Waals surface area (Å²) in [6.07, 6.45) is 0. The number of carbonyl (C=O) groups excluding carboxylic acids is 1. The number of halogens is 4. The normalized spacial score (nSPS) is 12.5. The zero-order valence-electron chi connectivity index (χ0n) is 16.1. The van der Waals surface area contributed by atoms with E-state index in [0.29, 0.717) is 0 Å². The average Bonchev–Trinajstić information content (AvgIpc) is 2.78. The number of benzene rings is 3. The molecule has 0 aromatic heterocycles. The highest BCUT2D eigenvalue weighted by atomic mass is 35.6. The molecule has 0 spiro atoms. The van der Waals surface area contributed by atoms with Crippen LogP contribution in [0.4, 0.5) is 0 Å². The van der Waals surface area contributed by atoms with E-state index in [2.05, 4.69) is 11.4 Å². The maximum absolute atomic E-state index is 13.4. The number of hydrogen-bond acceptors (Lipinski definition) is 2. The standard InChI is InChI=1S/C23H17Cl4N2OP/c24-22(23(25,26)27)29-21(30)20(16-28)31(17-10-4-1-5-11-17,18-12-6-2-7-13-18)19-14-8-3-9-15-19/h1-15,22H,(H,29,30)/t22-/m0/s1. The van der Waals surface area contributed by atoms with Gasteiger partial charge in [-0.25, -0.2) is 0 Å². The molecule has 0 unspecified atom stereocenters. The first kappa shape index (κ1) is 23.7. The lowest BCUT2D eigenvalue weighted by molar-refractivity contribution is -0.114. The lowest BCUT2D eigenvalue weighted by Gasteiger charge is -2.30. The predicted molar refractivity (Wildman–Crippen MR) is 134 cm³/mol. The Morgan fingerprint density at radius 3 is 1.45 bits per heavy atom. The summed E-state index contributed by atoms with van der Waals surface area (Å²) in [6, 6.07) is 30.7. The summed E-state index contributed by atoms with van der Waals surface area (Å²) in [5.74, 6) is -0.682. The van der Waals surface area contributed by atoms with Crippen LogP contribution < -0.4 is 21.2 Å². The van der Waals surface area contributed by atoms with Crippen molar-refractivity contribution in [2.24, 2.45) is 0 Å². The highest BCUT2D eigenvalue weighted by molar-refractivity contribution is 7.96. The minimum Gasteiger partial charge on any atom is -0.331 e. The Balaban J connectivity index is 2.44. The summed E-state index contributed by atoms with van der Waals surface area (Å²) in [5, 5.41) is 15.3. The van der Waals surface area contributed by atoms with Gasteiger partial charge in [-0.2, -0.15) is 5.26 Å². The van der Waals surface area contributed by atoms with E-state index in [1.54, 1.807) is 0 Å². The van der Waals surface area contributed by atoms with Crippen molar-refractivity contribution in [2.45, 2.75) is 9.29 Å². The Bertz CT molecular complexity index is 1040. The molecule has 0 aliphatic heterocycles. The SMILES string of the molecule is N#CC(C(=O)N[C@H](Cl)C(Cl)(Cl)Cl)=P(c1ccccc1)(c1ccccc1)c1ccccc1. The van der Waals surface area contributed by atoms with Crippen LogP contribution in [0.25, 0.3) is 0 Å². The number of rotatable bonds is 5. The molecule has 3 aromatic rings. The van der Waals surface area contributed by atoms with Gasteiger partial charge in [-0.15, -0.1) is 0 Å². The van der Waals surface area contributed by atoms with Crippen LogP contribution in [-0.2, 0) is 4.79 Å². The Labute approximate surface area is 201 Å². The third-order valence-electron chi connectivity index (χ3n) is 4.63. The second kappa shape index (κ2) is 10.1. The Morgan fingerprint density at radius 1 is 0.806 bits per heavy atom. The fourth-order valence-corrected chi connectivity index (χ4v) is 7.64. The Morgan fingerprint density at radius 2 is 1.16 bits per heavy atom. The molecule has 3 rings (SSSR count). The first-order valence-electron chi connectivity index (χ1n) is 9.17. The van der Waals surface area contributed by atoms with Gasteiger partial charge in [-0.05, 0) is 15.9 Å². The molecular formula is C23H17Cl4N2OP. The molecule has 0 aliphatic rings. The van der Waals surface area contributed by atoms with Crippen molar-refractivity contribution >= 4 is 80.4 Å². The minimum atomic E-state index is -2.87. The van der Waals surface area contributed by atoms with Crippen LogP contribution in [0.2, 0.25) is 0 Å². The van der Waals surface area contributed by atoms with Gasteiger partial charge in [-0.1, -0.05) is 137 Å². The number of nitrogens with zero attached hydrogens (tertiary/aromatic N) is 1. The third kappa shape index (κ3) is 4.96. The summed E-state index contributed by atoms with van der Waals surface area (Å²) < 4.78 is -1.94. The zero-order chi connectivity index (χ0) is 22.5. The van der Waals surface area contributed by atoms with Crippen molar-refractivity contribution in [3.05, 3.63) is 91.0 Å². The lowest BCUT2D eigenvalue weighted by atomic mass is 10.3. The van der Waals surface area contributed by atoms with Crippen molar-refractivity contribution in [1.29, 1.82) is 5.26 Å². The molecule has 0 saturated heterocycles. The molecule has 0 fully saturated rings. The van der Waals surface area contributed by atoms with Gasteiger partial charge in [0.25, 0.3) is 5.91 Å². The monoisotopic (exact) mass is 508 g/mol. The average molecular weight is 510 g/mol. The van der Waals surface area contributed by atoms with E-state index in [-0.39, 0.29) is 5.29 Å². The highest BCUT2D eigenvalue weighted by Crippen LogP contribution is 2.46. The van der Waals surface area contributed by atoms with Gasteiger partial charge in [0.05, 0.1) is 0 Å². The quantitative estimate of drug-likeness (QED) is 0.307. The van der Waals surface area contributed by atoms with Crippen molar-refractivity contribution in [3.8, 4) is 6.07 Å². The maximum atomic E-state index is 13.4. The molecule has 158 valence electrons. The molecule has 8 heteroatoms. The van der Waals surface area contributed by atoms with E-state index in [1.165, 1.54) is 0 Å². The minimum absolute atomic E-state index is 0.0102. The van der Waals surface area contributed by atoms with Crippen LogP contribution >= 0.6 is 53.3 Å². The molecule has 0 heterocycles. The van der Waals surface area contributed by atoms with Gasteiger partial charge < -0.3 is 5.32 Å². The van der Waals surface area contributed by atoms with E-state index in [0.717, 1.165) is 15.9 Å². The molecule has 3 aromatic carbocycles. The van der Waals surface area contributed by atoms with Gasteiger partial charge in [0.1, 0.15) is 11.4 Å². The van der Waals surface area contributed by atoms with E-state index >= 15 is 0 Å². The van der Waals surface area contributed by atoms with Crippen molar-refractivity contribution in [1.82, 2.24) is 5.32 Å². The van der Waals surface area contributed by atoms with Gasteiger partial charge in [-0.3, -0.25) is 4.79 Å². The Hall–Kier alpha value is -1.92. The number of hydrogen-bond donors (Lipinski definition) is 1. The second-order valence-electron chi connectivity index (χ2n) is 6.52. The van der Waals surface area contributed by atoms with Gasteiger partial charge in [0, 0.05) is 6.89 Å². The first-order chi connectivity index (χ1) is 14.8. The number of alkyl halides is 4. The van der Waals surface area contributed by atoms with E-state index in [1.807, 2.05) is 91.0 Å². The topological polar surface area (TPSA) is 52.9 Å². The molecule has 1 atom stereocenters. The smallest absolute Gasteiger partial charge is 0.264 e. The maximum Gasteiger partial charge on any atom is 0.264 e. The van der Waals surface area contributed by atoms with E-state index in [9.17, 15) is 10.1 Å². The van der Waals surface area contributed by atoms with Crippen LogP contribution in [0.15, 0.2) is 91.0 Å². The summed E-state index contributed by atoms with van der Waals surface area (Å²) in [4.78, 5) is 13.4. The number of carbonyl (C=O) groups is 1. The second-order valence-corrected chi connectivity index (χ2v) is 12.7. The molecule has 1 N–H and O–H groups in total. The summed E-state index contributed by atoms with van der Waals surface area (Å²) >= 11 is 23.6. The van der Waals surface area contributed by atoms with Crippen LogP contribution in [-0.4, -0.2) is 20.5 Å². The van der Waals surface area contributed by atoms with Crippen molar-refractivity contribution < 1.29 is 4.79 Å². The van der Waals surface area contributed by atoms with Gasteiger partial charge in [0.2, 0.25) is 3.79 Å². The largest absolute Gasteiger partial charge is 0.331 e. The highest BCUT2D eigenvalue weighted by Gasteiger charge is 2.37. The molecule has 3 nitrogen and oxygen atoms in total. The van der Waals surface area contributed by atoms with Crippen molar-refractivity contribution in [3.63, 3.8) is 0 Å². The number of amides is 1. The van der Waals surface area contributed by atoms with E-state index in [4.69, 9.17) is 46.4 Å². The molecule has 0 aliphatic carbocycles. The molecule has 1 amide bonds. The third-order valence-corrected chi connectivity index (χ3v) is 10.3. The lowest BCUT2D eigenvalue weighted by Crippen LogP contribution is -2.45. The summed E-state index contributed by atoms with van der Waals surface area (Å²) in [5.41, 5.74) is -1.32. The number of nitrogens with one attached hydrogen (secondary N) is 1. The molecule has 0 saturated carbocycles. The fourth-order valence-electron chi connectivity index (χ4n) is 3.33. The number of nitriles is 1. The van der Waals surface area contributed by atoms with Crippen molar-refractivity contribution in [2.75, 3.05) is 0 Å². The summed E-state index contributed by atoms with van der Waals surface area (Å²) in [7, 11) is 0. The van der Waals surface area contributed by atoms with Crippen LogP contribution in [0.5, 0.6) is 0 Å². The summed E-state index contributed by atoms with van der Waals surface area (Å²) in [6.45, 7) is -2.87. The van der Waals surface area contributed by atoms with Gasteiger partial charge >= 0.3 is 0 Å². The molecule has 0 radical (unpaired) electrons. The predicted octanol–water partition coefficient (Wildman–Crippen LogP) is 4.73. The fraction of sp³-hybridized carbons (Fsp3) is 0.0870.